The molecule has 3 heteroatoms. The van der Waals surface area contributed by atoms with Crippen LogP contribution in [0.15, 0.2) is 24.3 Å². The molecule has 0 atom stereocenters. The monoisotopic (exact) mass is 239 g/mol. The Balaban J connectivity index is 2.11. The van der Waals surface area contributed by atoms with Crippen molar-refractivity contribution in [1.29, 1.82) is 0 Å². The van der Waals surface area contributed by atoms with Gasteiger partial charge in [0.05, 0.1) is 0 Å². The van der Waals surface area contributed by atoms with Crippen molar-refractivity contribution in [3.8, 4) is 0 Å². The van der Waals surface area contributed by atoms with Gasteiger partial charge in [-0.25, -0.2) is 0 Å². The highest BCUT2D eigenvalue weighted by atomic mass is 35.5. The van der Waals surface area contributed by atoms with Gasteiger partial charge in [-0.3, -0.25) is 4.79 Å². The zero-order valence-electron chi connectivity index (χ0n) is 9.63. The molecule has 0 heterocycles. The third-order valence-electron chi connectivity index (χ3n) is 2.45. The van der Waals surface area contributed by atoms with E-state index in [1.165, 1.54) is 5.56 Å². The molecule has 88 valence electrons. The van der Waals surface area contributed by atoms with E-state index in [2.05, 4.69) is 5.32 Å². The lowest BCUT2D eigenvalue weighted by molar-refractivity contribution is -0.120. The average molecular weight is 240 g/mol. The smallest absolute Gasteiger partial charge is 0.219 e. The molecule has 0 saturated carbocycles. The molecule has 1 aromatic carbocycles. The van der Waals surface area contributed by atoms with Crippen LogP contribution < -0.4 is 5.32 Å². The van der Waals surface area contributed by atoms with Crippen molar-refractivity contribution in [3.63, 3.8) is 0 Å². The second kappa shape index (κ2) is 7.29. The van der Waals surface area contributed by atoms with Gasteiger partial charge in [-0.15, -0.1) is 0 Å². The second-order valence-corrected chi connectivity index (χ2v) is 4.22. The lowest BCUT2D eigenvalue weighted by atomic mass is 10.1. The molecule has 0 unspecified atom stereocenters. The standard InChI is InChI=1S/C13H18ClNO/c1-2-13(16)15-10-4-3-5-11-6-8-12(14)9-7-11/h6-9H,2-5,10H2,1H3,(H,15,16). The Hall–Kier alpha value is -1.02. The number of hydrogen-bond donors (Lipinski definition) is 1. The Bertz CT molecular complexity index is 321. The summed E-state index contributed by atoms with van der Waals surface area (Å²) in [7, 11) is 0. The van der Waals surface area contributed by atoms with Gasteiger partial charge >= 0.3 is 0 Å². The summed E-state index contributed by atoms with van der Waals surface area (Å²) in [6, 6.07) is 7.92. The number of carbonyl (C=O) groups is 1. The number of hydrogen-bond acceptors (Lipinski definition) is 1. The van der Waals surface area contributed by atoms with Crippen LogP contribution in [0.2, 0.25) is 5.02 Å². The molecule has 1 amide bonds. The Morgan fingerprint density at radius 2 is 1.94 bits per heavy atom. The van der Waals surface area contributed by atoms with Crippen LogP contribution >= 0.6 is 11.6 Å². The van der Waals surface area contributed by atoms with E-state index in [0.29, 0.717) is 6.42 Å². The lowest BCUT2D eigenvalue weighted by Gasteiger charge is -2.03. The molecule has 0 aliphatic rings. The molecule has 0 aromatic heterocycles. The van der Waals surface area contributed by atoms with E-state index < -0.39 is 0 Å². The van der Waals surface area contributed by atoms with Crippen LogP contribution in [-0.2, 0) is 11.2 Å². The van der Waals surface area contributed by atoms with Gasteiger partial charge in [0.15, 0.2) is 0 Å². The minimum atomic E-state index is 0.131. The first-order valence-corrected chi connectivity index (χ1v) is 6.11. The van der Waals surface area contributed by atoms with Crippen LogP contribution in [0.4, 0.5) is 0 Å². The minimum absolute atomic E-state index is 0.131. The van der Waals surface area contributed by atoms with Crippen molar-refractivity contribution < 1.29 is 4.79 Å². The fraction of sp³-hybridized carbons (Fsp3) is 0.462. The van der Waals surface area contributed by atoms with Gasteiger partial charge in [0, 0.05) is 18.0 Å². The number of aryl methyl sites for hydroxylation is 1. The molecular weight excluding hydrogens is 222 g/mol. The van der Waals surface area contributed by atoms with E-state index in [9.17, 15) is 4.79 Å². The van der Waals surface area contributed by atoms with Crippen LogP contribution in [0.5, 0.6) is 0 Å². The van der Waals surface area contributed by atoms with E-state index >= 15 is 0 Å². The molecule has 0 spiro atoms. The van der Waals surface area contributed by atoms with Crippen LogP contribution in [0.3, 0.4) is 0 Å². The van der Waals surface area contributed by atoms with Crippen molar-refractivity contribution in [3.05, 3.63) is 34.9 Å². The predicted molar refractivity (Wildman–Crippen MR) is 67.7 cm³/mol. The normalized spacial score (nSPS) is 10.1. The van der Waals surface area contributed by atoms with E-state index in [0.717, 1.165) is 30.8 Å². The highest BCUT2D eigenvalue weighted by Crippen LogP contribution is 2.11. The van der Waals surface area contributed by atoms with Gasteiger partial charge in [-0.05, 0) is 37.0 Å². The van der Waals surface area contributed by atoms with Crippen LogP contribution in [-0.4, -0.2) is 12.5 Å². The van der Waals surface area contributed by atoms with Gasteiger partial charge in [0.2, 0.25) is 5.91 Å². The summed E-state index contributed by atoms with van der Waals surface area (Å²) >= 11 is 5.80. The third kappa shape index (κ3) is 5.17. The molecule has 1 aromatic rings. The molecule has 0 aliphatic heterocycles. The highest BCUT2D eigenvalue weighted by Gasteiger charge is 1.96. The number of benzene rings is 1. The molecule has 0 saturated heterocycles. The van der Waals surface area contributed by atoms with E-state index in [4.69, 9.17) is 11.6 Å². The van der Waals surface area contributed by atoms with Crippen LogP contribution in [0.25, 0.3) is 0 Å². The highest BCUT2D eigenvalue weighted by molar-refractivity contribution is 6.30. The van der Waals surface area contributed by atoms with Gasteiger partial charge in [0.1, 0.15) is 0 Å². The molecule has 1 rings (SSSR count). The second-order valence-electron chi connectivity index (χ2n) is 3.79. The Morgan fingerprint density at radius 1 is 1.25 bits per heavy atom. The summed E-state index contributed by atoms with van der Waals surface area (Å²) in [5.41, 5.74) is 1.30. The minimum Gasteiger partial charge on any atom is -0.356 e. The average Bonchev–Trinajstić information content (AvgIpc) is 2.31. The summed E-state index contributed by atoms with van der Waals surface area (Å²) in [6.45, 7) is 2.64. The Kier molecular flexibility index (Phi) is 5.94. The van der Waals surface area contributed by atoms with E-state index in [1.807, 2.05) is 31.2 Å². The molecule has 0 radical (unpaired) electrons. The van der Waals surface area contributed by atoms with Crippen molar-refractivity contribution in [2.45, 2.75) is 32.6 Å². The summed E-state index contributed by atoms with van der Waals surface area (Å²) < 4.78 is 0. The van der Waals surface area contributed by atoms with E-state index in [1.54, 1.807) is 0 Å². The number of rotatable bonds is 6. The zero-order chi connectivity index (χ0) is 11.8. The van der Waals surface area contributed by atoms with E-state index in [-0.39, 0.29) is 5.91 Å². The van der Waals surface area contributed by atoms with Crippen LogP contribution in [0, 0.1) is 0 Å². The largest absolute Gasteiger partial charge is 0.356 e. The number of halogens is 1. The zero-order valence-corrected chi connectivity index (χ0v) is 10.4. The lowest BCUT2D eigenvalue weighted by Crippen LogP contribution is -2.23. The maximum Gasteiger partial charge on any atom is 0.219 e. The van der Waals surface area contributed by atoms with Gasteiger partial charge in [0.25, 0.3) is 0 Å². The number of unbranched alkanes of at least 4 members (excludes halogenated alkanes) is 1. The molecular formula is C13H18ClNO. The topological polar surface area (TPSA) is 29.1 Å². The molecule has 0 aliphatic carbocycles. The molecule has 0 bridgehead atoms. The maximum atomic E-state index is 11.0. The first kappa shape index (κ1) is 13.0. The van der Waals surface area contributed by atoms with Crippen molar-refractivity contribution in [1.82, 2.24) is 5.32 Å². The SMILES string of the molecule is CCC(=O)NCCCCc1ccc(Cl)cc1. The van der Waals surface area contributed by atoms with Gasteiger partial charge in [-0.2, -0.15) is 0 Å². The number of carbonyl (C=O) groups excluding carboxylic acids is 1. The van der Waals surface area contributed by atoms with Crippen molar-refractivity contribution in [2.75, 3.05) is 6.54 Å². The predicted octanol–water partition coefficient (Wildman–Crippen LogP) is 3.19. The van der Waals surface area contributed by atoms with Gasteiger partial charge < -0.3 is 5.32 Å². The number of nitrogens with one attached hydrogen (secondary N) is 1. The first-order valence-electron chi connectivity index (χ1n) is 5.73. The summed E-state index contributed by atoms with van der Waals surface area (Å²) in [5, 5.41) is 3.64. The molecule has 0 fully saturated rings. The van der Waals surface area contributed by atoms with Crippen LogP contribution in [0.1, 0.15) is 31.7 Å². The van der Waals surface area contributed by atoms with Gasteiger partial charge in [-0.1, -0.05) is 30.7 Å². The molecule has 2 nitrogen and oxygen atoms in total. The number of amides is 1. The maximum absolute atomic E-state index is 11.0. The van der Waals surface area contributed by atoms with Crippen molar-refractivity contribution in [2.24, 2.45) is 0 Å². The summed E-state index contributed by atoms with van der Waals surface area (Å²) in [5.74, 6) is 0.131. The molecule has 16 heavy (non-hydrogen) atoms. The quantitative estimate of drug-likeness (QED) is 0.759. The Morgan fingerprint density at radius 3 is 2.56 bits per heavy atom. The summed E-state index contributed by atoms with van der Waals surface area (Å²) in [4.78, 5) is 11.0. The third-order valence-corrected chi connectivity index (χ3v) is 2.70. The Labute approximate surface area is 102 Å². The van der Waals surface area contributed by atoms with Crippen molar-refractivity contribution >= 4 is 17.5 Å². The fourth-order valence-corrected chi connectivity index (χ4v) is 1.58. The summed E-state index contributed by atoms with van der Waals surface area (Å²) in [6.07, 6.45) is 3.72. The fourth-order valence-electron chi connectivity index (χ4n) is 1.46. The first-order chi connectivity index (χ1) is 7.72. The molecule has 1 N–H and O–H groups in total.